The summed E-state index contributed by atoms with van der Waals surface area (Å²) in [5.41, 5.74) is 0. The molecule has 2 N–H and O–H groups in total. The van der Waals surface area contributed by atoms with E-state index in [0.29, 0.717) is 19.8 Å². The number of rotatable bonds is 9. The van der Waals surface area contributed by atoms with Crippen LogP contribution in [0.5, 0.6) is 0 Å². The molecule has 0 aromatic carbocycles. The molecule has 0 aliphatic heterocycles. The third-order valence-electron chi connectivity index (χ3n) is 1.59. The monoisotopic (exact) mass is 189 g/mol. The van der Waals surface area contributed by atoms with Gasteiger partial charge in [-0.25, -0.2) is 0 Å². The second-order valence-electron chi connectivity index (χ2n) is 2.65. The van der Waals surface area contributed by atoms with Crippen molar-refractivity contribution in [1.29, 1.82) is 0 Å². The molecular weight excluding hydrogens is 170 g/mol. The lowest BCUT2D eigenvalue weighted by molar-refractivity contribution is 0.0722. The average Bonchev–Trinajstić information content (AvgIpc) is 2.13. The molecule has 0 heterocycles. The lowest BCUT2D eigenvalue weighted by atomic mass is 10.4. The van der Waals surface area contributed by atoms with Crippen molar-refractivity contribution < 1.29 is 14.9 Å². The maximum Gasteiger partial charge on any atom is 0.0698 e. The predicted octanol–water partition coefficient (Wildman–Crippen LogP) is -0.524. The zero-order valence-electron chi connectivity index (χ0n) is 7.98. The molecule has 0 saturated carbocycles. The Bertz CT molecular complexity index is 119. The van der Waals surface area contributed by atoms with Crippen molar-refractivity contribution >= 4 is 0 Å². The van der Waals surface area contributed by atoms with Crippen LogP contribution in [0.15, 0.2) is 12.7 Å². The van der Waals surface area contributed by atoms with Gasteiger partial charge >= 0.3 is 0 Å². The fourth-order valence-electron chi connectivity index (χ4n) is 0.979. The van der Waals surface area contributed by atoms with Gasteiger partial charge < -0.3 is 14.9 Å². The summed E-state index contributed by atoms with van der Waals surface area (Å²) in [6.45, 7) is 6.92. The molecule has 0 amide bonds. The Balaban J connectivity index is 3.38. The van der Waals surface area contributed by atoms with Crippen LogP contribution in [0.3, 0.4) is 0 Å². The molecule has 4 nitrogen and oxygen atoms in total. The molecule has 0 aromatic rings. The lowest BCUT2D eigenvalue weighted by Crippen LogP contribution is -2.30. The molecule has 0 atom stereocenters. The summed E-state index contributed by atoms with van der Waals surface area (Å²) in [6, 6.07) is 0. The summed E-state index contributed by atoms with van der Waals surface area (Å²) in [5.74, 6) is 0. The minimum atomic E-state index is 0.0570. The molecule has 0 radical (unpaired) electrons. The summed E-state index contributed by atoms with van der Waals surface area (Å²) >= 11 is 0. The molecule has 0 bridgehead atoms. The molecule has 0 spiro atoms. The van der Waals surface area contributed by atoms with Crippen molar-refractivity contribution in [2.24, 2.45) is 0 Å². The van der Waals surface area contributed by atoms with Gasteiger partial charge in [-0.15, -0.1) is 6.58 Å². The van der Waals surface area contributed by atoms with Crippen LogP contribution in [0.1, 0.15) is 0 Å². The maximum atomic E-state index is 8.71. The van der Waals surface area contributed by atoms with Gasteiger partial charge in [-0.2, -0.15) is 0 Å². The smallest absolute Gasteiger partial charge is 0.0698 e. The predicted molar refractivity (Wildman–Crippen MR) is 51.6 cm³/mol. The van der Waals surface area contributed by atoms with E-state index in [4.69, 9.17) is 14.9 Å². The van der Waals surface area contributed by atoms with E-state index in [-0.39, 0.29) is 13.2 Å². The van der Waals surface area contributed by atoms with E-state index in [1.54, 1.807) is 6.08 Å². The standard InChI is InChI=1S/C9H19NO3/c1-2-3-10(4-6-11)5-8-13-9-7-12/h2,11-12H,1,3-9H2. The highest BCUT2D eigenvalue weighted by atomic mass is 16.5. The number of aliphatic hydroxyl groups is 2. The number of hydrogen-bond donors (Lipinski definition) is 2. The first-order valence-corrected chi connectivity index (χ1v) is 4.47. The molecular formula is C9H19NO3. The van der Waals surface area contributed by atoms with Gasteiger partial charge in [0, 0.05) is 19.6 Å². The summed E-state index contributed by atoms with van der Waals surface area (Å²) in [6.07, 6.45) is 1.79. The van der Waals surface area contributed by atoms with Crippen LogP contribution < -0.4 is 0 Å². The fourth-order valence-corrected chi connectivity index (χ4v) is 0.979. The van der Waals surface area contributed by atoms with Gasteiger partial charge in [0.15, 0.2) is 0 Å². The van der Waals surface area contributed by atoms with Crippen LogP contribution >= 0.6 is 0 Å². The van der Waals surface area contributed by atoms with Crippen molar-refractivity contribution in [3.8, 4) is 0 Å². The van der Waals surface area contributed by atoms with Gasteiger partial charge in [-0.05, 0) is 0 Å². The second kappa shape index (κ2) is 9.67. The first-order chi connectivity index (χ1) is 6.35. The third-order valence-corrected chi connectivity index (χ3v) is 1.59. The van der Waals surface area contributed by atoms with Gasteiger partial charge in [0.1, 0.15) is 0 Å². The molecule has 0 saturated heterocycles. The van der Waals surface area contributed by atoms with Crippen LogP contribution in [0.4, 0.5) is 0 Å². The van der Waals surface area contributed by atoms with Gasteiger partial charge in [0.2, 0.25) is 0 Å². The van der Waals surface area contributed by atoms with Gasteiger partial charge in [-0.1, -0.05) is 6.08 Å². The minimum Gasteiger partial charge on any atom is -0.395 e. The molecule has 78 valence electrons. The van der Waals surface area contributed by atoms with E-state index in [2.05, 4.69) is 6.58 Å². The van der Waals surface area contributed by atoms with Gasteiger partial charge in [0.05, 0.1) is 26.4 Å². The van der Waals surface area contributed by atoms with Crippen molar-refractivity contribution in [3.05, 3.63) is 12.7 Å². The first-order valence-electron chi connectivity index (χ1n) is 4.47. The van der Waals surface area contributed by atoms with Crippen molar-refractivity contribution in [2.45, 2.75) is 0 Å². The number of nitrogens with zero attached hydrogens (tertiary/aromatic N) is 1. The van der Waals surface area contributed by atoms with Gasteiger partial charge in [0.25, 0.3) is 0 Å². The Morgan fingerprint density at radius 3 is 2.46 bits per heavy atom. The maximum absolute atomic E-state index is 8.71. The van der Waals surface area contributed by atoms with E-state index >= 15 is 0 Å². The van der Waals surface area contributed by atoms with Crippen LogP contribution in [-0.4, -0.2) is 61.2 Å². The normalized spacial score (nSPS) is 10.7. The first kappa shape index (κ1) is 12.6. The van der Waals surface area contributed by atoms with E-state index in [1.165, 1.54) is 0 Å². The quantitative estimate of drug-likeness (QED) is 0.378. The number of ether oxygens (including phenoxy) is 1. The molecule has 0 aromatic heterocycles. The molecule has 0 unspecified atom stereocenters. The fraction of sp³-hybridized carbons (Fsp3) is 0.778. The molecule has 0 fully saturated rings. The minimum absolute atomic E-state index is 0.0570. The molecule has 0 aliphatic rings. The number of aliphatic hydroxyl groups excluding tert-OH is 2. The van der Waals surface area contributed by atoms with Crippen molar-refractivity contribution in [3.63, 3.8) is 0 Å². The van der Waals surface area contributed by atoms with E-state index in [0.717, 1.165) is 13.1 Å². The zero-order chi connectivity index (χ0) is 9.94. The van der Waals surface area contributed by atoms with Crippen LogP contribution in [-0.2, 0) is 4.74 Å². The van der Waals surface area contributed by atoms with Crippen LogP contribution in [0.2, 0.25) is 0 Å². The Hall–Kier alpha value is -0.420. The van der Waals surface area contributed by atoms with Gasteiger partial charge in [-0.3, -0.25) is 4.90 Å². The van der Waals surface area contributed by atoms with Crippen molar-refractivity contribution in [2.75, 3.05) is 46.1 Å². The Morgan fingerprint density at radius 1 is 1.15 bits per heavy atom. The van der Waals surface area contributed by atoms with E-state index in [9.17, 15) is 0 Å². The summed E-state index contributed by atoms with van der Waals surface area (Å²) in [7, 11) is 0. The van der Waals surface area contributed by atoms with E-state index < -0.39 is 0 Å². The van der Waals surface area contributed by atoms with E-state index in [1.807, 2.05) is 4.90 Å². The molecule has 0 aliphatic carbocycles. The highest BCUT2D eigenvalue weighted by Gasteiger charge is 2.00. The average molecular weight is 189 g/mol. The SMILES string of the molecule is C=CCN(CCO)CCOCCO. The summed E-state index contributed by atoms with van der Waals surface area (Å²) < 4.78 is 5.10. The van der Waals surface area contributed by atoms with Crippen LogP contribution in [0, 0.1) is 0 Å². The Kier molecular flexibility index (Phi) is 9.35. The Morgan fingerprint density at radius 2 is 1.92 bits per heavy atom. The molecule has 0 rings (SSSR count). The highest BCUT2D eigenvalue weighted by molar-refractivity contribution is 4.72. The summed E-state index contributed by atoms with van der Waals surface area (Å²) in [5, 5.41) is 17.2. The largest absolute Gasteiger partial charge is 0.395 e. The molecule has 4 heteroatoms. The van der Waals surface area contributed by atoms with Crippen LogP contribution in [0.25, 0.3) is 0 Å². The lowest BCUT2D eigenvalue weighted by Gasteiger charge is -2.18. The number of hydrogen-bond acceptors (Lipinski definition) is 4. The molecule has 13 heavy (non-hydrogen) atoms. The topological polar surface area (TPSA) is 52.9 Å². The third kappa shape index (κ3) is 7.93. The highest BCUT2D eigenvalue weighted by Crippen LogP contribution is 1.88. The second-order valence-corrected chi connectivity index (χ2v) is 2.65. The Labute approximate surface area is 79.4 Å². The summed E-state index contributed by atoms with van der Waals surface area (Å²) in [4.78, 5) is 2.03. The van der Waals surface area contributed by atoms with Crippen molar-refractivity contribution in [1.82, 2.24) is 4.90 Å². The zero-order valence-corrected chi connectivity index (χ0v) is 7.98.